The van der Waals surface area contributed by atoms with E-state index in [0.29, 0.717) is 0 Å². The molecule has 87 heavy (non-hydrogen) atoms. The standard InChI is InChI=1S/C57H76N4O22S4/c1-27-45(61-83-43-23-35(62)51(84-11)29(3)77-43)48(64)50(81-41-24-37(71-7)34(58-5)26-75-41)55(78-27)80-36-17-15-13-14-16-19-57(69)32(18-20-86-87-85-12)44(36)46(60-56(68)74-10)49(65)52(57)82-42-25-40(47(63)28(2)76-42)79-54(67)31-21-38(72-8)39(73-9)22-33(31)59-53(66)30(4)70-6/h13-14,18,21-22,27-29,34-37,40-43,45,47-48,50-52,55,58,61-64,69H,4,20,23-26H2,1-3,5-12H3,(H,59,66)(H,60,68)/b14-13-,32-18+/t27-,28+,29-,34+,35-,36+,37+,40+,41-,42+,43+,45+,47-,48-,50-,51+,52+,55+,57-/m0/s1. The lowest BCUT2D eigenvalue weighted by atomic mass is 9.73. The van der Waals surface area contributed by atoms with Crippen LogP contribution in [-0.4, -0.2) is 227 Å². The van der Waals surface area contributed by atoms with E-state index in [1.807, 2.05) is 19.4 Å². The predicted molar refractivity (Wildman–Crippen MR) is 321 cm³/mol. The summed E-state index contributed by atoms with van der Waals surface area (Å²) in [4.78, 5) is 62.3. The third-order valence-corrected chi connectivity index (χ3v) is 20.0. The monoisotopic (exact) mass is 1300 g/mol. The van der Waals surface area contributed by atoms with Gasteiger partial charge in [-0.1, -0.05) is 57.9 Å². The number of allylic oxidation sites excluding steroid dienone is 2. The Morgan fingerprint density at radius 2 is 1.56 bits per heavy atom. The number of benzene rings is 1. The molecule has 1 aromatic rings. The summed E-state index contributed by atoms with van der Waals surface area (Å²) in [5.74, 6) is 8.57. The summed E-state index contributed by atoms with van der Waals surface area (Å²) in [6.45, 7) is 8.64. The number of hydrogen-bond donors (Lipinski definition) is 8. The first kappa shape index (κ1) is 69.8. The van der Waals surface area contributed by atoms with Gasteiger partial charge in [0.15, 0.2) is 54.1 Å². The largest absolute Gasteiger partial charge is 0.493 e. The molecule has 2 amide bonds. The minimum Gasteiger partial charge on any atom is -0.493 e. The highest BCUT2D eigenvalue weighted by Gasteiger charge is 2.57. The number of likely N-dealkylation sites (N-methyl/N-ethyl adjacent to an activating group) is 1. The molecule has 0 saturated carbocycles. The van der Waals surface area contributed by atoms with Crippen molar-refractivity contribution in [1.82, 2.24) is 16.1 Å². The molecule has 480 valence electrons. The van der Waals surface area contributed by atoms with Gasteiger partial charge in [0.1, 0.15) is 30.5 Å². The Hall–Kier alpha value is -4.62. The third kappa shape index (κ3) is 16.7. The van der Waals surface area contributed by atoms with Crippen LogP contribution in [0.5, 0.6) is 11.5 Å². The van der Waals surface area contributed by atoms with Crippen LogP contribution in [0, 0.1) is 23.7 Å². The van der Waals surface area contributed by atoms with Gasteiger partial charge < -0.3 is 92.6 Å². The fourth-order valence-corrected chi connectivity index (χ4v) is 13.8. The van der Waals surface area contributed by atoms with Crippen LogP contribution in [0.3, 0.4) is 0 Å². The summed E-state index contributed by atoms with van der Waals surface area (Å²) in [5, 5.41) is 56.4. The molecule has 4 aliphatic heterocycles. The fourth-order valence-electron chi connectivity index (χ4n) is 10.5. The summed E-state index contributed by atoms with van der Waals surface area (Å²) >= 11 is 1.47. The predicted octanol–water partition coefficient (Wildman–Crippen LogP) is 2.64. The summed E-state index contributed by atoms with van der Waals surface area (Å²) in [7, 11) is 12.5. The number of esters is 1. The van der Waals surface area contributed by atoms with Gasteiger partial charge in [-0.05, 0) is 62.3 Å². The number of Topliss-reactive ketones (excluding diaryl/α,β-unsaturated/α-hetero) is 1. The van der Waals surface area contributed by atoms with E-state index in [1.54, 1.807) is 27.2 Å². The molecule has 2 aliphatic carbocycles. The van der Waals surface area contributed by atoms with Crippen LogP contribution < -0.4 is 30.9 Å². The Balaban J connectivity index is 1.27. The molecule has 4 saturated heterocycles. The number of ketones is 1. The van der Waals surface area contributed by atoms with Gasteiger partial charge in [0.2, 0.25) is 5.78 Å². The number of ether oxygens (including phenoxy) is 13. The molecule has 26 nitrogen and oxygen atoms in total. The van der Waals surface area contributed by atoms with Crippen LogP contribution in [0.4, 0.5) is 10.5 Å². The van der Waals surface area contributed by atoms with Gasteiger partial charge in [0.05, 0.1) is 99.8 Å². The van der Waals surface area contributed by atoms with E-state index in [9.17, 15) is 34.8 Å². The topological polar surface area (TPSA) is 327 Å². The van der Waals surface area contributed by atoms with E-state index in [4.69, 9.17) is 66.4 Å². The number of hydroxylamine groups is 1. The number of methoxy groups -OCH3 is 5. The maximum Gasteiger partial charge on any atom is 0.411 e. The van der Waals surface area contributed by atoms with Crippen molar-refractivity contribution in [3.8, 4) is 35.2 Å². The van der Waals surface area contributed by atoms with Crippen LogP contribution in [0.2, 0.25) is 0 Å². The number of carbonyl (C=O) groups is 4. The minimum absolute atomic E-state index is 0.0842. The minimum atomic E-state index is -2.66. The second-order valence-corrected chi connectivity index (χ2v) is 25.8. The fraction of sp³-hybridized carbons (Fsp3) is 0.614. The number of thioether (sulfide) groups is 1. The van der Waals surface area contributed by atoms with Crippen LogP contribution in [0.15, 0.2) is 59.5 Å². The average molecular weight is 1300 g/mol. The summed E-state index contributed by atoms with van der Waals surface area (Å²) in [6, 6.07) is 1.31. The van der Waals surface area contributed by atoms with Crippen molar-refractivity contribution >= 4 is 72.6 Å². The highest BCUT2D eigenvalue weighted by molar-refractivity contribution is 9.09. The molecular formula is C57H76N4O22S4. The molecule has 1 aromatic carbocycles. The van der Waals surface area contributed by atoms with Crippen LogP contribution in [0.25, 0.3) is 0 Å². The van der Waals surface area contributed by atoms with E-state index < -0.39 is 134 Å². The smallest absolute Gasteiger partial charge is 0.411 e. The molecule has 7 rings (SSSR count). The summed E-state index contributed by atoms with van der Waals surface area (Å²) < 4.78 is 77.5. The molecule has 4 fully saturated rings. The van der Waals surface area contributed by atoms with E-state index in [-0.39, 0.29) is 82.3 Å². The van der Waals surface area contributed by atoms with E-state index in [0.717, 1.165) is 7.11 Å². The number of aliphatic hydroxyl groups excluding tert-OH is 3. The van der Waals surface area contributed by atoms with Gasteiger partial charge in [0.25, 0.3) is 5.91 Å². The zero-order valence-corrected chi connectivity index (χ0v) is 53.1. The third-order valence-electron chi connectivity index (χ3n) is 15.1. The SMILES string of the molecule is C=C(OC)C(=O)Nc1cc(OC)c(OC)cc1C(=O)O[C@@H]1C[C@@H](O[C@@H]2C(=O)C(NC(=O)OC)=C3/C(=C\CSSSC)[C@@]2(O)C#C/C=C\C#C[C@H]3O[C@H]2O[C@@H](C)[C@@H](NO[C@@H]3C[C@H](O)[C@H](SC)[C@H](C)O3)[C@H](O)[C@@H]2O[C@H]2C[C@@H](OC)[C@H](NC)CO2)O[C@H](C)[C@@H]1O. The molecule has 30 heteroatoms. The number of rotatable bonds is 24. The van der Waals surface area contributed by atoms with Gasteiger partial charge >= 0.3 is 12.1 Å². The number of alkyl carbamates (subject to hydrolysis) is 1. The molecule has 0 spiro atoms. The molecule has 0 radical (unpaired) electrons. The van der Waals surface area contributed by atoms with Crippen LogP contribution >= 0.6 is 43.2 Å². The Bertz CT molecular complexity index is 2830. The van der Waals surface area contributed by atoms with Crippen molar-refractivity contribution in [2.24, 2.45) is 0 Å². The molecule has 19 atom stereocenters. The lowest BCUT2D eigenvalue weighted by Gasteiger charge is -2.47. The lowest BCUT2D eigenvalue weighted by molar-refractivity contribution is -0.336. The van der Waals surface area contributed by atoms with E-state index >= 15 is 4.79 Å². The number of nitrogens with one attached hydrogen (secondary N) is 4. The van der Waals surface area contributed by atoms with Crippen molar-refractivity contribution < 1.29 is 106 Å². The average Bonchev–Trinajstić information content (AvgIpc) is 0.930. The highest BCUT2D eigenvalue weighted by atomic mass is 33.5. The van der Waals surface area contributed by atoms with Crippen molar-refractivity contribution in [2.75, 3.05) is 72.8 Å². The zero-order valence-electron chi connectivity index (χ0n) is 49.8. The van der Waals surface area contributed by atoms with Gasteiger partial charge in [-0.15, -0.1) is 0 Å². The van der Waals surface area contributed by atoms with Crippen molar-refractivity contribution in [3.05, 3.63) is 65.1 Å². The molecule has 0 aromatic heterocycles. The summed E-state index contributed by atoms with van der Waals surface area (Å²) in [5.41, 5.74) is -0.961. The lowest BCUT2D eigenvalue weighted by Crippen LogP contribution is -2.65. The van der Waals surface area contributed by atoms with Gasteiger partial charge in [-0.25, -0.2) is 9.59 Å². The number of fused-ring (bicyclic) bond motifs is 2. The maximum atomic E-state index is 15.6. The van der Waals surface area contributed by atoms with Crippen LogP contribution in [-0.2, 0) is 66.5 Å². The number of hydrogen-bond acceptors (Lipinski definition) is 28. The first-order valence-electron chi connectivity index (χ1n) is 27.5. The Morgan fingerprint density at radius 3 is 2.23 bits per heavy atom. The van der Waals surface area contributed by atoms with E-state index in [1.165, 1.54) is 95.7 Å². The summed E-state index contributed by atoms with van der Waals surface area (Å²) in [6.07, 6.45) is -11.7. The Kier molecular flexibility index (Phi) is 26.0. The second-order valence-electron chi connectivity index (χ2n) is 20.4. The molecule has 2 bridgehead atoms. The van der Waals surface area contributed by atoms with E-state index in [2.05, 4.69) is 51.7 Å². The Morgan fingerprint density at radius 1 is 0.851 bits per heavy atom. The van der Waals surface area contributed by atoms with Crippen molar-refractivity contribution in [3.63, 3.8) is 0 Å². The van der Waals surface area contributed by atoms with Crippen molar-refractivity contribution in [2.45, 2.75) is 155 Å². The molecular weight excluding hydrogens is 1220 g/mol. The molecule has 8 N–H and O–H groups in total. The van der Waals surface area contributed by atoms with Gasteiger partial charge in [-0.2, -0.15) is 17.2 Å². The normalized spacial score (nSPS) is 34.9. The Labute approximate surface area is 520 Å². The molecule has 4 heterocycles. The second kappa shape index (κ2) is 32.4. The zero-order chi connectivity index (χ0) is 63.3. The molecule has 6 aliphatic rings. The molecule has 0 unspecified atom stereocenters. The first-order chi connectivity index (χ1) is 41.7. The number of carbonyl (C=O) groups excluding carboxylic acids is 4. The van der Waals surface area contributed by atoms with Gasteiger partial charge in [-0.3, -0.25) is 19.7 Å². The van der Waals surface area contributed by atoms with Gasteiger partial charge in [0, 0.05) is 55.4 Å². The van der Waals surface area contributed by atoms with Crippen molar-refractivity contribution in [1.29, 1.82) is 0 Å². The maximum absolute atomic E-state index is 15.6. The van der Waals surface area contributed by atoms with Crippen LogP contribution in [0.1, 0.15) is 50.4 Å². The number of amides is 2. The quantitative estimate of drug-likeness (QED) is 0.0140. The highest BCUT2D eigenvalue weighted by Crippen LogP contribution is 2.44. The first-order valence-corrected chi connectivity index (χ1v) is 32.9. The number of aliphatic hydroxyl groups is 4. The number of anilines is 1.